The molecule has 0 radical (unpaired) electrons. The Morgan fingerprint density at radius 2 is 1.00 bits per heavy atom. The number of fused-ring (bicyclic) bond motifs is 4. The Balaban J connectivity index is 1.24. The maximum Gasteiger partial charge on any atom is 0.145 e. The van der Waals surface area contributed by atoms with Gasteiger partial charge < -0.3 is 0 Å². The van der Waals surface area contributed by atoms with Crippen LogP contribution < -0.4 is 5.19 Å². The van der Waals surface area contributed by atoms with Gasteiger partial charge in [-0.25, -0.2) is 9.97 Å². The maximum atomic E-state index is 5.74. The predicted octanol–water partition coefficient (Wildman–Crippen LogP) is 15.3. The molecule has 3 aromatic heterocycles. The molecule has 64 heavy (non-hydrogen) atoms. The highest BCUT2D eigenvalue weighted by molar-refractivity contribution is 6.88. The molecule has 316 valence electrons. The minimum Gasteiger partial charge on any atom is -0.294 e. The summed E-state index contributed by atoms with van der Waals surface area (Å²) in [5.41, 5.74) is 15.4. The topological polar surface area (TPSA) is 35.6 Å². The summed E-state index contributed by atoms with van der Waals surface area (Å²) < 4.78 is 4.70. The minimum absolute atomic E-state index is 0.0724. The van der Waals surface area contributed by atoms with Gasteiger partial charge in [0, 0.05) is 27.5 Å². The summed E-state index contributed by atoms with van der Waals surface area (Å²) in [7, 11) is -1.45. The van der Waals surface area contributed by atoms with E-state index in [9.17, 15) is 0 Å². The van der Waals surface area contributed by atoms with E-state index >= 15 is 0 Å². The average molecular weight is 849 g/mol. The first-order chi connectivity index (χ1) is 30.6. The van der Waals surface area contributed by atoms with E-state index in [4.69, 9.17) is 9.97 Å². The fraction of sp³-hybridized carbons (Fsp3) is 0.186. The lowest BCUT2D eigenvalue weighted by Gasteiger charge is -2.26. The molecule has 0 saturated heterocycles. The number of para-hydroxylation sites is 3. The van der Waals surface area contributed by atoms with Crippen LogP contribution in [0.2, 0.25) is 19.6 Å². The molecule has 0 aliphatic rings. The molecule has 0 fully saturated rings. The first-order valence-corrected chi connectivity index (χ1v) is 26.1. The Hall–Kier alpha value is -6.82. The molecule has 3 heterocycles. The van der Waals surface area contributed by atoms with E-state index < -0.39 is 8.07 Å². The summed E-state index contributed by atoms with van der Waals surface area (Å²) in [5.74, 6) is 1.78. The van der Waals surface area contributed by atoms with E-state index in [-0.39, 0.29) is 10.8 Å². The van der Waals surface area contributed by atoms with Crippen LogP contribution in [-0.4, -0.2) is 27.2 Å². The number of imidazole rings is 1. The van der Waals surface area contributed by atoms with Crippen LogP contribution in [-0.2, 0) is 10.8 Å². The van der Waals surface area contributed by atoms with Crippen LogP contribution in [0.25, 0.3) is 89.2 Å². The molecule has 0 N–H and O–H groups in total. The molecular formula is C59H56N4Si. The van der Waals surface area contributed by atoms with Gasteiger partial charge in [-0.2, -0.15) is 0 Å². The number of pyridine rings is 1. The first kappa shape index (κ1) is 41.2. The highest BCUT2D eigenvalue weighted by Gasteiger charge is 2.26. The van der Waals surface area contributed by atoms with Crippen molar-refractivity contribution in [1.82, 2.24) is 19.1 Å². The van der Waals surface area contributed by atoms with Crippen molar-refractivity contribution >= 4 is 46.1 Å². The van der Waals surface area contributed by atoms with Crippen molar-refractivity contribution in [3.8, 4) is 56.4 Å². The molecule has 0 bridgehead atoms. The van der Waals surface area contributed by atoms with Gasteiger partial charge in [-0.3, -0.25) is 9.13 Å². The Kier molecular flexibility index (Phi) is 9.95. The van der Waals surface area contributed by atoms with Crippen LogP contribution in [0.4, 0.5) is 0 Å². The van der Waals surface area contributed by atoms with Gasteiger partial charge in [0.25, 0.3) is 0 Å². The zero-order valence-corrected chi connectivity index (χ0v) is 39.5. The lowest BCUT2D eigenvalue weighted by molar-refractivity contribution is 0.569. The zero-order valence-electron chi connectivity index (χ0n) is 38.5. The highest BCUT2D eigenvalue weighted by Crippen LogP contribution is 2.42. The molecule has 0 amide bonds. The summed E-state index contributed by atoms with van der Waals surface area (Å²) >= 11 is 0. The van der Waals surface area contributed by atoms with Gasteiger partial charge in [0.2, 0.25) is 0 Å². The third-order valence-electron chi connectivity index (χ3n) is 12.8. The zero-order chi connectivity index (χ0) is 44.5. The van der Waals surface area contributed by atoms with E-state index in [0.717, 1.165) is 67.3 Å². The fourth-order valence-electron chi connectivity index (χ4n) is 9.16. The predicted molar refractivity (Wildman–Crippen MR) is 275 cm³/mol. The molecule has 0 aliphatic heterocycles. The van der Waals surface area contributed by atoms with Crippen LogP contribution in [0.5, 0.6) is 0 Å². The fourth-order valence-corrected chi connectivity index (χ4v) is 10.3. The minimum atomic E-state index is -1.45. The van der Waals surface area contributed by atoms with Crippen molar-refractivity contribution in [2.24, 2.45) is 0 Å². The molecule has 10 rings (SSSR count). The van der Waals surface area contributed by atoms with E-state index in [1.807, 2.05) is 0 Å². The second kappa shape index (κ2) is 15.5. The van der Waals surface area contributed by atoms with Gasteiger partial charge in [0.1, 0.15) is 11.6 Å². The Morgan fingerprint density at radius 1 is 0.422 bits per heavy atom. The van der Waals surface area contributed by atoms with Crippen molar-refractivity contribution in [2.75, 3.05) is 0 Å². The lowest BCUT2D eigenvalue weighted by atomic mass is 9.79. The third kappa shape index (κ3) is 7.38. The summed E-state index contributed by atoms with van der Waals surface area (Å²) in [6.07, 6.45) is 0. The molecule has 10 aromatic rings. The quantitative estimate of drug-likeness (QED) is 0.150. The molecule has 4 nitrogen and oxygen atoms in total. The van der Waals surface area contributed by atoms with E-state index in [1.54, 1.807) is 0 Å². The monoisotopic (exact) mass is 848 g/mol. The molecule has 0 spiro atoms. The normalized spacial score (nSPS) is 12.5. The number of hydrogen-bond donors (Lipinski definition) is 0. The second-order valence-electron chi connectivity index (χ2n) is 20.4. The maximum absolute atomic E-state index is 5.74. The van der Waals surface area contributed by atoms with Crippen LogP contribution in [0.3, 0.4) is 0 Å². The number of rotatable bonds is 7. The average Bonchev–Trinajstić information content (AvgIpc) is 3.85. The van der Waals surface area contributed by atoms with Gasteiger partial charge in [-0.1, -0.05) is 188 Å². The Labute approximate surface area is 378 Å². The van der Waals surface area contributed by atoms with Gasteiger partial charge in [0.05, 0.1) is 41.5 Å². The molecule has 0 unspecified atom stereocenters. The van der Waals surface area contributed by atoms with Gasteiger partial charge in [-0.05, 0) is 93.2 Å². The molecule has 7 aromatic carbocycles. The number of aromatic nitrogens is 4. The first-order valence-electron chi connectivity index (χ1n) is 22.6. The smallest absolute Gasteiger partial charge is 0.145 e. The molecule has 0 saturated carbocycles. The molecule has 0 aliphatic carbocycles. The van der Waals surface area contributed by atoms with Crippen molar-refractivity contribution in [3.63, 3.8) is 0 Å². The second-order valence-corrected chi connectivity index (χ2v) is 25.5. The van der Waals surface area contributed by atoms with E-state index in [0.29, 0.717) is 0 Å². The number of hydrogen-bond acceptors (Lipinski definition) is 2. The Morgan fingerprint density at radius 3 is 1.62 bits per heavy atom. The van der Waals surface area contributed by atoms with Gasteiger partial charge in [-0.15, -0.1) is 0 Å². The molecule has 5 heteroatoms. The lowest BCUT2D eigenvalue weighted by Crippen LogP contribution is -2.37. The van der Waals surface area contributed by atoms with Crippen molar-refractivity contribution in [2.45, 2.75) is 72.0 Å². The van der Waals surface area contributed by atoms with Crippen LogP contribution in [0, 0.1) is 0 Å². The van der Waals surface area contributed by atoms with Gasteiger partial charge >= 0.3 is 0 Å². The standard InChI is InChI=1S/C59H56N4Si/c1-58(2,3)43-35-42(36-44(38-43)59(4,5)6)57-61-56-48(50-24-18-28-55(60-50)62-51-25-15-13-21-46(51)47-22-14-16-26-52(47)62)23-17-27-54(56)63(57)53-34-31-41(37-49(53)40-19-11-10-12-20-40)39-29-32-45(33-30-39)64(7,8)9/h10-38H,1-9H3. The van der Waals surface area contributed by atoms with E-state index in [1.165, 1.54) is 38.2 Å². The van der Waals surface area contributed by atoms with Crippen LogP contribution >= 0.6 is 0 Å². The third-order valence-corrected chi connectivity index (χ3v) is 14.9. The number of benzene rings is 7. The largest absolute Gasteiger partial charge is 0.294 e. The van der Waals surface area contributed by atoms with Crippen LogP contribution in [0.15, 0.2) is 176 Å². The Bertz CT molecular complexity index is 3280. The summed E-state index contributed by atoms with van der Waals surface area (Å²) in [5, 5.41) is 3.89. The summed E-state index contributed by atoms with van der Waals surface area (Å²) in [6.45, 7) is 21.0. The number of nitrogens with zero attached hydrogens (tertiary/aromatic N) is 4. The van der Waals surface area contributed by atoms with E-state index in [2.05, 4.69) is 246 Å². The van der Waals surface area contributed by atoms with Crippen molar-refractivity contribution < 1.29 is 0 Å². The SMILES string of the molecule is CC(C)(C)c1cc(-c2nc3c(-c4cccc(-n5c6ccccc6c6ccccc65)n4)cccc3n2-c2ccc(-c3ccc([Si](C)(C)C)cc3)cc2-c2ccccc2)cc(C(C)(C)C)c1. The summed E-state index contributed by atoms with van der Waals surface area (Å²) in [4.78, 5) is 11.2. The van der Waals surface area contributed by atoms with Gasteiger partial charge in [0.15, 0.2) is 0 Å². The van der Waals surface area contributed by atoms with Crippen molar-refractivity contribution in [3.05, 3.63) is 187 Å². The summed E-state index contributed by atoms with van der Waals surface area (Å²) in [6, 6.07) is 64.3. The van der Waals surface area contributed by atoms with Crippen molar-refractivity contribution in [1.29, 1.82) is 0 Å². The van der Waals surface area contributed by atoms with Crippen LogP contribution in [0.1, 0.15) is 52.7 Å². The highest BCUT2D eigenvalue weighted by atomic mass is 28.3. The molecular weight excluding hydrogens is 793 g/mol. The molecule has 0 atom stereocenters.